The van der Waals surface area contributed by atoms with E-state index in [0.717, 1.165) is 50.8 Å². The van der Waals surface area contributed by atoms with E-state index in [1.54, 1.807) is 0 Å². The van der Waals surface area contributed by atoms with Crippen molar-refractivity contribution in [1.82, 2.24) is 9.55 Å². The van der Waals surface area contributed by atoms with Gasteiger partial charge in [-0.3, -0.25) is 4.57 Å². The summed E-state index contributed by atoms with van der Waals surface area (Å²) in [6, 6.07) is 68.9. The van der Waals surface area contributed by atoms with Crippen LogP contribution in [0, 0.1) is 0 Å². The fourth-order valence-corrected chi connectivity index (χ4v) is 8.89. The Morgan fingerprint density at radius 1 is 0.500 bits per heavy atom. The maximum absolute atomic E-state index is 6.78. The first-order chi connectivity index (χ1) is 29.6. The molecule has 11 rings (SSSR count). The van der Waals surface area contributed by atoms with Gasteiger partial charge in [-0.2, -0.15) is 0 Å². The zero-order valence-corrected chi connectivity index (χ0v) is 33.4. The smallest absolute Gasteiger partial charge is 0.139 e. The van der Waals surface area contributed by atoms with Crippen molar-refractivity contribution in [2.45, 2.75) is 0 Å². The largest absolute Gasteiger partial charge is 0.457 e. The normalized spacial score (nSPS) is 12.4. The van der Waals surface area contributed by atoms with Gasteiger partial charge in [-0.05, 0) is 59.0 Å². The van der Waals surface area contributed by atoms with E-state index in [2.05, 4.69) is 215 Å². The predicted molar refractivity (Wildman–Crippen MR) is 250 cm³/mol. The van der Waals surface area contributed by atoms with Crippen LogP contribution in [0.1, 0.15) is 0 Å². The van der Waals surface area contributed by atoms with Gasteiger partial charge in [0, 0.05) is 77.2 Å². The minimum absolute atomic E-state index is 0.613. The Balaban J connectivity index is 1.02. The molecule has 288 valence electrons. The molecule has 0 unspecified atom stereocenters. The minimum Gasteiger partial charge on any atom is -0.457 e. The summed E-state index contributed by atoms with van der Waals surface area (Å²) in [6.07, 6.45) is 1.88. The van der Waals surface area contributed by atoms with Gasteiger partial charge < -0.3 is 19.4 Å². The van der Waals surface area contributed by atoms with E-state index in [1.165, 1.54) is 49.8 Å². The molecule has 6 heteroatoms. The summed E-state index contributed by atoms with van der Waals surface area (Å²) >= 11 is 0. The highest BCUT2D eigenvalue weighted by molar-refractivity contribution is 6.10. The molecule has 60 heavy (non-hydrogen) atoms. The lowest BCUT2D eigenvalue weighted by Gasteiger charge is -2.27. The van der Waals surface area contributed by atoms with E-state index < -0.39 is 0 Å². The van der Waals surface area contributed by atoms with Crippen molar-refractivity contribution in [3.05, 3.63) is 200 Å². The molecule has 0 N–H and O–H groups in total. The van der Waals surface area contributed by atoms with Gasteiger partial charge in [0.1, 0.15) is 24.0 Å². The van der Waals surface area contributed by atoms with Crippen LogP contribution in [0.3, 0.4) is 0 Å². The number of fused-ring (bicyclic) bond motifs is 6. The Morgan fingerprint density at radius 2 is 1.17 bits per heavy atom. The zero-order chi connectivity index (χ0) is 40.2. The highest BCUT2D eigenvalue weighted by atomic mass is 16.5. The molecule has 0 bridgehead atoms. The van der Waals surface area contributed by atoms with E-state index in [-0.39, 0.29) is 0 Å². The molecule has 0 amide bonds. The molecule has 0 atom stereocenters. The number of ether oxygens (including phenoxy) is 1. The van der Waals surface area contributed by atoms with Gasteiger partial charge in [0.2, 0.25) is 0 Å². The number of hydrogen-bond acceptors (Lipinski definition) is 5. The fraction of sp³-hybridized carbons (Fsp3) is 0.0556. The number of para-hydroxylation sites is 2. The van der Waals surface area contributed by atoms with E-state index in [4.69, 9.17) is 9.72 Å². The van der Waals surface area contributed by atoms with Crippen LogP contribution in [0.5, 0.6) is 11.5 Å². The highest BCUT2D eigenvalue weighted by Crippen LogP contribution is 2.53. The molecule has 0 radical (unpaired) electrons. The predicted octanol–water partition coefficient (Wildman–Crippen LogP) is 13.8. The van der Waals surface area contributed by atoms with Crippen molar-refractivity contribution in [2.75, 3.05) is 35.5 Å². The summed E-state index contributed by atoms with van der Waals surface area (Å²) in [5.41, 5.74) is 12.5. The van der Waals surface area contributed by atoms with Crippen molar-refractivity contribution in [2.24, 2.45) is 0 Å². The average Bonchev–Trinajstić information content (AvgIpc) is 3.86. The Bertz CT molecular complexity index is 3150. The quantitative estimate of drug-likeness (QED) is 0.154. The summed E-state index contributed by atoms with van der Waals surface area (Å²) in [5, 5.41) is 4.73. The van der Waals surface area contributed by atoms with Crippen molar-refractivity contribution in [3.63, 3.8) is 0 Å². The number of anilines is 5. The maximum Gasteiger partial charge on any atom is 0.139 e. The van der Waals surface area contributed by atoms with Crippen molar-refractivity contribution in [3.8, 4) is 39.6 Å². The molecule has 8 aromatic carbocycles. The van der Waals surface area contributed by atoms with Crippen LogP contribution < -0.4 is 19.4 Å². The number of hydrogen-bond donors (Lipinski definition) is 0. The summed E-state index contributed by atoms with van der Waals surface area (Å²) < 4.78 is 9.01. The van der Waals surface area contributed by atoms with Crippen LogP contribution in [0.25, 0.3) is 60.6 Å². The second-order valence-electron chi connectivity index (χ2n) is 15.5. The third kappa shape index (κ3) is 6.00. The van der Waals surface area contributed by atoms with Gasteiger partial charge in [0.25, 0.3) is 0 Å². The second kappa shape index (κ2) is 14.5. The molecule has 6 nitrogen and oxygen atoms in total. The Morgan fingerprint density at radius 3 is 1.93 bits per heavy atom. The van der Waals surface area contributed by atoms with Gasteiger partial charge in [-0.25, -0.2) is 4.98 Å². The van der Waals surface area contributed by atoms with E-state index in [0.29, 0.717) is 6.67 Å². The van der Waals surface area contributed by atoms with Gasteiger partial charge in [-0.15, -0.1) is 0 Å². The molecule has 1 aliphatic heterocycles. The third-order valence-electron chi connectivity index (χ3n) is 11.7. The highest BCUT2D eigenvalue weighted by Gasteiger charge is 2.33. The molecule has 0 aliphatic carbocycles. The van der Waals surface area contributed by atoms with Gasteiger partial charge in [0.15, 0.2) is 0 Å². The van der Waals surface area contributed by atoms with Crippen molar-refractivity contribution in [1.29, 1.82) is 0 Å². The lowest BCUT2D eigenvalue weighted by Crippen LogP contribution is -2.25. The molecule has 2 aromatic heterocycles. The van der Waals surface area contributed by atoms with E-state index >= 15 is 0 Å². The SMILES string of the molecule is CN(C)c1ccnc(-n2c3ccccc3c3ccc(Oc4cccc(N5CN(c6c(-c7ccccc7)cccc6-c6ccccc6)c6c5ccc5ccccc65)c4)cc32)c1. The zero-order valence-electron chi connectivity index (χ0n) is 33.4. The molecule has 3 heterocycles. The maximum atomic E-state index is 6.78. The van der Waals surface area contributed by atoms with E-state index in [9.17, 15) is 0 Å². The molecule has 0 saturated carbocycles. The molecule has 0 saturated heterocycles. The topological polar surface area (TPSA) is 36.8 Å². The number of nitrogens with zero attached hydrogens (tertiary/aromatic N) is 5. The monoisotopic (exact) mass is 775 g/mol. The number of pyridine rings is 1. The van der Waals surface area contributed by atoms with Gasteiger partial charge >= 0.3 is 0 Å². The Hall–Kier alpha value is -7.83. The third-order valence-corrected chi connectivity index (χ3v) is 11.7. The first-order valence-corrected chi connectivity index (χ1v) is 20.3. The Labute approximate surface area is 349 Å². The number of aromatic nitrogens is 2. The van der Waals surface area contributed by atoms with Crippen LogP contribution in [0.4, 0.5) is 28.4 Å². The van der Waals surface area contributed by atoms with Crippen LogP contribution in [0.2, 0.25) is 0 Å². The molecular weight excluding hydrogens is 735 g/mol. The van der Waals surface area contributed by atoms with Crippen LogP contribution in [-0.4, -0.2) is 30.3 Å². The van der Waals surface area contributed by atoms with Crippen molar-refractivity contribution >= 4 is 61.0 Å². The lowest BCUT2D eigenvalue weighted by atomic mass is 9.94. The minimum atomic E-state index is 0.613. The van der Waals surface area contributed by atoms with Gasteiger partial charge in [-0.1, -0.05) is 133 Å². The van der Waals surface area contributed by atoms with Crippen LogP contribution >= 0.6 is 0 Å². The molecule has 0 fully saturated rings. The fourth-order valence-electron chi connectivity index (χ4n) is 8.89. The first kappa shape index (κ1) is 35.3. The molecule has 0 spiro atoms. The van der Waals surface area contributed by atoms with Gasteiger partial charge in [0.05, 0.1) is 28.1 Å². The van der Waals surface area contributed by atoms with Crippen molar-refractivity contribution < 1.29 is 4.74 Å². The lowest BCUT2D eigenvalue weighted by molar-refractivity contribution is 0.483. The standard InChI is InChI=1S/C54H41N5O/c1-56(2)40-31-32-55-52(34-40)59-49-26-12-11-23-47(49)48-29-28-43(35-51(48)59)60-42-21-13-20-41(33-42)57-36-58(54-46-22-10-9-19-39(46)27-30-50(54)57)53-44(37-15-5-3-6-16-37)24-14-25-45(53)38-17-7-4-8-18-38/h3-35H,36H2,1-2H3. The van der Waals surface area contributed by atoms with Crippen LogP contribution in [0.15, 0.2) is 200 Å². The van der Waals surface area contributed by atoms with Crippen LogP contribution in [-0.2, 0) is 0 Å². The number of benzene rings is 8. The van der Waals surface area contributed by atoms with E-state index in [1.807, 2.05) is 18.3 Å². The molecule has 1 aliphatic rings. The molecule has 10 aromatic rings. The summed E-state index contributed by atoms with van der Waals surface area (Å²) in [7, 11) is 4.11. The summed E-state index contributed by atoms with van der Waals surface area (Å²) in [6.45, 7) is 0.613. The average molecular weight is 776 g/mol. The summed E-state index contributed by atoms with van der Waals surface area (Å²) in [4.78, 5) is 11.9. The summed E-state index contributed by atoms with van der Waals surface area (Å²) in [5.74, 6) is 2.38. The second-order valence-corrected chi connectivity index (χ2v) is 15.5. The Kier molecular flexibility index (Phi) is 8.55. The number of rotatable bonds is 8. The first-order valence-electron chi connectivity index (χ1n) is 20.3. The molecular formula is C54H41N5O.